The van der Waals surface area contributed by atoms with Crippen molar-refractivity contribution in [3.8, 4) is 5.69 Å². The van der Waals surface area contributed by atoms with Gasteiger partial charge in [0.25, 0.3) is 0 Å². The Hall–Kier alpha value is -2.10. The highest BCUT2D eigenvalue weighted by molar-refractivity contribution is 6.32. The van der Waals surface area contributed by atoms with Crippen LogP contribution in [0.4, 0.5) is 0 Å². The van der Waals surface area contributed by atoms with Crippen molar-refractivity contribution >= 4 is 11.6 Å². The lowest BCUT2D eigenvalue weighted by Gasteiger charge is -2.19. The molecule has 0 aliphatic carbocycles. The van der Waals surface area contributed by atoms with Crippen LogP contribution in [0, 0.1) is 20.8 Å². The molecule has 1 unspecified atom stereocenters. The molecule has 0 spiro atoms. The SMILES string of the molecule is Cc1cc(C)c(C(O)c2ccc(Cl)c(-n3ccnc3)c2)c(C)c1. The normalized spacial score (nSPS) is 12.4. The number of imidazole rings is 1. The lowest BCUT2D eigenvalue weighted by molar-refractivity contribution is 0.218. The summed E-state index contributed by atoms with van der Waals surface area (Å²) in [6, 6.07) is 9.78. The number of halogens is 1. The average molecular weight is 327 g/mol. The first-order chi connectivity index (χ1) is 11.0. The molecule has 0 saturated carbocycles. The second-order valence-electron chi connectivity index (χ2n) is 5.90. The van der Waals surface area contributed by atoms with E-state index in [4.69, 9.17) is 11.6 Å². The Kier molecular flexibility index (Phi) is 4.24. The first-order valence-corrected chi connectivity index (χ1v) is 7.88. The minimum atomic E-state index is -0.685. The molecule has 1 aromatic heterocycles. The van der Waals surface area contributed by atoms with Gasteiger partial charge in [0, 0.05) is 12.4 Å². The standard InChI is InChI=1S/C19H19ClN2O/c1-12-8-13(2)18(14(3)9-12)19(23)15-4-5-16(20)17(10-15)22-7-6-21-11-22/h4-11,19,23H,1-3H3. The third kappa shape index (κ3) is 3.03. The summed E-state index contributed by atoms with van der Waals surface area (Å²) in [6.45, 7) is 6.13. The highest BCUT2D eigenvalue weighted by Gasteiger charge is 2.17. The van der Waals surface area contributed by atoms with Crippen molar-refractivity contribution in [1.82, 2.24) is 9.55 Å². The maximum absolute atomic E-state index is 10.9. The van der Waals surface area contributed by atoms with Gasteiger partial charge >= 0.3 is 0 Å². The van der Waals surface area contributed by atoms with Gasteiger partial charge < -0.3 is 9.67 Å². The molecule has 3 aromatic rings. The van der Waals surface area contributed by atoms with E-state index in [2.05, 4.69) is 24.0 Å². The summed E-state index contributed by atoms with van der Waals surface area (Å²) in [5, 5.41) is 11.5. The molecule has 1 heterocycles. The topological polar surface area (TPSA) is 38.0 Å². The van der Waals surface area contributed by atoms with Gasteiger partial charge in [0.2, 0.25) is 0 Å². The number of aromatic nitrogens is 2. The quantitative estimate of drug-likeness (QED) is 0.767. The van der Waals surface area contributed by atoms with Crippen molar-refractivity contribution in [3.05, 3.63) is 81.9 Å². The number of aliphatic hydroxyl groups excluding tert-OH is 1. The van der Waals surface area contributed by atoms with Crippen LogP contribution in [0.2, 0.25) is 5.02 Å². The van der Waals surface area contributed by atoms with Crippen molar-refractivity contribution in [2.24, 2.45) is 0 Å². The molecule has 0 aliphatic rings. The molecular weight excluding hydrogens is 308 g/mol. The molecule has 0 fully saturated rings. The van der Waals surface area contributed by atoms with Gasteiger partial charge in [-0.25, -0.2) is 4.98 Å². The summed E-state index contributed by atoms with van der Waals surface area (Å²) in [5.74, 6) is 0. The van der Waals surface area contributed by atoms with Crippen LogP contribution in [0.5, 0.6) is 0 Å². The molecule has 3 rings (SSSR count). The fourth-order valence-electron chi connectivity index (χ4n) is 3.09. The highest BCUT2D eigenvalue weighted by atomic mass is 35.5. The molecule has 2 aromatic carbocycles. The Bertz CT molecular complexity index is 818. The van der Waals surface area contributed by atoms with Crippen LogP contribution in [0.3, 0.4) is 0 Å². The van der Waals surface area contributed by atoms with Gasteiger partial charge in [0.1, 0.15) is 6.10 Å². The van der Waals surface area contributed by atoms with Crippen LogP contribution in [-0.2, 0) is 0 Å². The minimum Gasteiger partial charge on any atom is -0.384 e. The van der Waals surface area contributed by atoms with Crippen LogP contribution in [0.1, 0.15) is 33.9 Å². The summed E-state index contributed by atoms with van der Waals surface area (Å²) in [6.07, 6.45) is 4.54. The molecule has 3 nitrogen and oxygen atoms in total. The molecule has 0 amide bonds. The number of aliphatic hydroxyl groups is 1. The van der Waals surface area contributed by atoms with Crippen LogP contribution in [0.15, 0.2) is 49.1 Å². The Morgan fingerprint density at radius 2 is 1.78 bits per heavy atom. The van der Waals surface area contributed by atoms with E-state index in [-0.39, 0.29) is 0 Å². The fraction of sp³-hybridized carbons (Fsp3) is 0.211. The van der Waals surface area contributed by atoms with Crippen LogP contribution in [0.25, 0.3) is 5.69 Å². The second-order valence-corrected chi connectivity index (χ2v) is 6.30. The molecule has 23 heavy (non-hydrogen) atoms. The highest BCUT2D eigenvalue weighted by Crippen LogP contribution is 2.31. The maximum atomic E-state index is 10.9. The first-order valence-electron chi connectivity index (χ1n) is 7.51. The zero-order chi connectivity index (χ0) is 16.6. The summed E-state index contributed by atoms with van der Waals surface area (Å²) >= 11 is 6.29. The van der Waals surface area contributed by atoms with Gasteiger partial charge in [0.15, 0.2) is 0 Å². The van der Waals surface area contributed by atoms with E-state index in [0.29, 0.717) is 5.02 Å². The Labute approximate surface area is 141 Å². The Balaban J connectivity index is 2.07. The van der Waals surface area contributed by atoms with E-state index in [1.165, 1.54) is 5.56 Å². The molecular formula is C19H19ClN2O. The largest absolute Gasteiger partial charge is 0.384 e. The van der Waals surface area contributed by atoms with Gasteiger partial charge in [-0.15, -0.1) is 0 Å². The van der Waals surface area contributed by atoms with E-state index in [0.717, 1.165) is 27.9 Å². The number of aryl methyl sites for hydroxylation is 3. The zero-order valence-corrected chi connectivity index (χ0v) is 14.2. The number of rotatable bonds is 3. The summed E-state index contributed by atoms with van der Waals surface area (Å²) in [5.41, 5.74) is 5.96. The van der Waals surface area contributed by atoms with Crippen molar-refractivity contribution in [2.45, 2.75) is 26.9 Å². The zero-order valence-electron chi connectivity index (χ0n) is 13.4. The lowest BCUT2D eigenvalue weighted by Crippen LogP contribution is -2.06. The molecule has 0 bridgehead atoms. The third-order valence-corrected chi connectivity index (χ3v) is 4.40. The number of benzene rings is 2. The number of nitrogens with zero attached hydrogens (tertiary/aromatic N) is 2. The molecule has 0 aliphatic heterocycles. The van der Waals surface area contributed by atoms with Crippen LogP contribution < -0.4 is 0 Å². The molecule has 118 valence electrons. The lowest BCUT2D eigenvalue weighted by atomic mass is 9.92. The van der Waals surface area contributed by atoms with Crippen LogP contribution in [-0.4, -0.2) is 14.7 Å². The predicted molar refractivity (Wildman–Crippen MR) is 93.3 cm³/mol. The summed E-state index contributed by atoms with van der Waals surface area (Å²) in [7, 11) is 0. The summed E-state index contributed by atoms with van der Waals surface area (Å²) < 4.78 is 1.84. The van der Waals surface area contributed by atoms with Gasteiger partial charge in [-0.05, 0) is 55.2 Å². The summed E-state index contributed by atoms with van der Waals surface area (Å²) in [4.78, 5) is 4.05. The van der Waals surface area contributed by atoms with Crippen LogP contribution >= 0.6 is 11.6 Å². The van der Waals surface area contributed by atoms with Gasteiger partial charge in [0.05, 0.1) is 17.0 Å². The molecule has 0 saturated heterocycles. The number of hydrogen-bond acceptors (Lipinski definition) is 2. The Morgan fingerprint density at radius 3 is 2.39 bits per heavy atom. The second kappa shape index (κ2) is 6.19. The molecule has 1 N–H and O–H groups in total. The number of hydrogen-bond donors (Lipinski definition) is 1. The van der Waals surface area contributed by atoms with E-state index in [9.17, 15) is 5.11 Å². The van der Waals surface area contributed by atoms with E-state index in [1.54, 1.807) is 12.5 Å². The van der Waals surface area contributed by atoms with Crippen molar-refractivity contribution in [3.63, 3.8) is 0 Å². The molecule has 1 atom stereocenters. The monoisotopic (exact) mass is 326 g/mol. The third-order valence-electron chi connectivity index (χ3n) is 4.08. The van der Waals surface area contributed by atoms with Crippen molar-refractivity contribution in [1.29, 1.82) is 0 Å². The predicted octanol–water partition coefficient (Wildman–Crippen LogP) is 4.53. The Morgan fingerprint density at radius 1 is 1.09 bits per heavy atom. The first kappa shape index (κ1) is 15.8. The van der Waals surface area contributed by atoms with Gasteiger partial charge in [-0.3, -0.25) is 0 Å². The maximum Gasteiger partial charge on any atom is 0.105 e. The fourth-order valence-corrected chi connectivity index (χ4v) is 3.30. The molecule has 0 radical (unpaired) electrons. The van der Waals surface area contributed by atoms with Crippen molar-refractivity contribution in [2.75, 3.05) is 0 Å². The van der Waals surface area contributed by atoms with E-state index < -0.39 is 6.10 Å². The van der Waals surface area contributed by atoms with E-state index >= 15 is 0 Å². The smallest absolute Gasteiger partial charge is 0.105 e. The van der Waals surface area contributed by atoms with Gasteiger partial charge in [-0.2, -0.15) is 0 Å². The molecule has 4 heteroatoms. The average Bonchev–Trinajstić information content (AvgIpc) is 3.00. The van der Waals surface area contributed by atoms with E-state index in [1.807, 2.05) is 42.8 Å². The van der Waals surface area contributed by atoms with Gasteiger partial charge in [-0.1, -0.05) is 35.4 Å². The van der Waals surface area contributed by atoms with Crippen molar-refractivity contribution < 1.29 is 5.11 Å². The minimum absolute atomic E-state index is 0.622.